The van der Waals surface area contributed by atoms with Crippen molar-refractivity contribution in [1.82, 2.24) is 5.32 Å². The lowest BCUT2D eigenvalue weighted by Crippen LogP contribution is -3.00. The van der Waals surface area contributed by atoms with E-state index in [0.29, 0.717) is 29.4 Å². The highest BCUT2D eigenvalue weighted by molar-refractivity contribution is 5.96. The van der Waals surface area contributed by atoms with Crippen LogP contribution < -0.4 is 48.1 Å². The fourth-order valence-corrected chi connectivity index (χ4v) is 3.29. The van der Waals surface area contributed by atoms with Crippen LogP contribution in [0.15, 0.2) is 42.5 Å². The largest absolute Gasteiger partial charge is 1.00 e. The molecule has 3 aromatic rings. The number of hydrogen-bond donors (Lipinski definition) is 1. The number of carbonyl (C=O) groups is 1. The first-order valence-corrected chi connectivity index (χ1v) is 8.95. The summed E-state index contributed by atoms with van der Waals surface area (Å²) >= 11 is 0. The Kier molecular flexibility index (Phi) is 7.66. The lowest BCUT2D eigenvalue weighted by Gasteiger charge is -2.14. The number of amides is 1. The summed E-state index contributed by atoms with van der Waals surface area (Å²) in [6, 6.07) is 13.6. The highest BCUT2D eigenvalue weighted by atomic mass is 127. The summed E-state index contributed by atoms with van der Waals surface area (Å²) in [4.78, 5) is 12.8. The van der Waals surface area contributed by atoms with Gasteiger partial charge in [-0.25, -0.2) is 4.57 Å². The van der Waals surface area contributed by atoms with Crippen LogP contribution in [-0.4, -0.2) is 27.2 Å². The molecule has 0 bridgehead atoms. The first-order valence-electron chi connectivity index (χ1n) is 8.95. The van der Waals surface area contributed by atoms with Gasteiger partial charge >= 0.3 is 0 Å². The number of halogens is 1. The van der Waals surface area contributed by atoms with E-state index in [4.69, 9.17) is 14.2 Å². The topological polar surface area (TPSA) is 60.7 Å². The van der Waals surface area contributed by atoms with Gasteiger partial charge in [0.05, 0.1) is 26.7 Å². The van der Waals surface area contributed by atoms with Crippen LogP contribution in [0.1, 0.15) is 21.7 Å². The summed E-state index contributed by atoms with van der Waals surface area (Å²) < 4.78 is 18.1. The Morgan fingerprint density at radius 2 is 1.62 bits per heavy atom. The molecule has 0 aliphatic heterocycles. The summed E-state index contributed by atoms with van der Waals surface area (Å²) in [5.74, 6) is 1.12. The molecular weight excluding hydrogens is 483 g/mol. The van der Waals surface area contributed by atoms with Gasteiger partial charge in [-0.2, -0.15) is 0 Å². The SMILES string of the molecule is COc1cc(C(=O)NCc2c3ccccc3cc(C)[n+]2C)cc(OC)c1OC.[I-]. The third kappa shape index (κ3) is 4.55. The molecule has 0 aliphatic carbocycles. The van der Waals surface area contributed by atoms with Crippen molar-refractivity contribution in [2.24, 2.45) is 7.05 Å². The fourth-order valence-electron chi connectivity index (χ4n) is 3.29. The third-order valence-corrected chi connectivity index (χ3v) is 4.91. The molecule has 1 N–H and O–H groups in total. The maximum atomic E-state index is 12.8. The minimum Gasteiger partial charge on any atom is -1.00 e. The van der Waals surface area contributed by atoms with E-state index in [1.807, 2.05) is 19.2 Å². The second-order valence-corrected chi connectivity index (χ2v) is 6.48. The minimum atomic E-state index is -0.218. The highest BCUT2D eigenvalue weighted by Crippen LogP contribution is 2.38. The molecule has 0 aliphatic rings. The second-order valence-electron chi connectivity index (χ2n) is 6.48. The Labute approximate surface area is 187 Å². The van der Waals surface area contributed by atoms with E-state index in [-0.39, 0.29) is 29.9 Å². The molecule has 7 heteroatoms. The number of rotatable bonds is 6. The summed E-state index contributed by atoms with van der Waals surface area (Å²) in [5, 5.41) is 5.26. The Bertz CT molecular complexity index is 1010. The van der Waals surface area contributed by atoms with Gasteiger partial charge in [0.1, 0.15) is 13.6 Å². The van der Waals surface area contributed by atoms with E-state index in [1.165, 1.54) is 21.3 Å². The Hall–Kier alpha value is -2.55. The summed E-state index contributed by atoms with van der Waals surface area (Å²) in [6.45, 7) is 2.45. The van der Waals surface area contributed by atoms with Crippen molar-refractivity contribution in [3.8, 4) is 17.2 Å². The van der Waals surface area contributed by atoms with Crippen molar-refractivity contribution < 1.29 is 47.5 Å². The van der Waals surface area contributed by atoms with Gasteiger partial charge in [-0.3, -0.25) is 4.79 Å². The zero-order valence-electron chi connectivity index (χ0n) is 17.2. The van der Waals surface area contributed by atoms with E-state index < -0.39 is 0 Å². The maximum Gasteiger partial charge on any atom is 0.252 e. The van der Waals surface area contributed by atoms with Crippen LogP contribution in [0.2, 0.25) is 0 Å². The number of methoxy groups -OCH3 is 3. The van der Waals surface area contributed by atoms with Gasteiger partial charge in [0, 0.05) is 18.6 Å². The van der Waals surface area contributed by atoms with Crippen LogP contribution in [0.3, 0.4) is 0 Å². The molecule has 0 saturated heterocycles. The number of aromatic nitrogens is 1. The van der Waals surface area contributed by atoms with Gasteiger partial charge < -0.3 is 43.5 Å². The van der Waals surface area contributed by atoms with Crippen LogP contribution in [-0.2, 0) is 13.6 Å². The monoisotopic (exact) mass is 508 g/mol. The zero-order chi connectivity index (χ0) is 20.3. The molecule has 1 amide bonds. The van der Waals surface area contributed by atoms with Gasteiger partial charge in [0.25, 0.3) is 5.91 Å². The number of aryl methyl sites for hydroxylation is 1. The molecule has 2 aromatic carbocycles. The molecule has 154 valence electrons. The van der Waals surface area contributed by atoms with Gasteiger partial charge in [-0.1, -0.05) is 18.2 Å². The van der Waals surface area contributed by atoms with Crippen LogP contribution in [0.25, 0.3) is 10.8 Å². The van der Waals surface area contributed by atoms with E-state index >= 15 is 0 Å². The van der Waals surface area contributed by atoms with Crippen LogP contribution in [0, 0.1) is 6.92 Å². The average molecular weight is 508 g/mol. The average Bonchev–Trinajstić information content (AvgIpc) is 2.72. The molecule has 0 unspecified atom stereocenters. The Morgan fingerprint density at radius 1 is 1.00 bits per heavy atom. The normalized spacial score (nSPS) is 10.2. The van der Waals surface area contributed by atoms with E-state index in [1.54, 1.807) is 12.1 Å². The molecule has 29 heavy (non-hydrogen) atoms. The lowest BCUT2D eigenvalue weighted by molar-refractivity contribution is -0.683. The van der Waals surface area contributed by atoms with E-state index in [2.05, 4.69) is 35.0 Å². The predicted octanol–water partition coefficient (Wildman–Crippen LogP) is -0.0675. The van der Waals surface area contributed by atoms with Crippen LogP contribution >= 0.6 is 0 Å². The molecular formula is C22H25IN2O4. The third-order valence-electron chi connectivity index (χ3n) is 4.91. The molecule has 1 heterocycles. The van der Waals surface area contributed by atoms with Crippen molar-refractivity contribution in [3.05, 3.63) is 59.4 Å². The van der Waals surface area contributed by atoms with Crippen molar-refractivity contribution >= 4 is 16.7 Å². The van der Waals surface area contributed by atoms with E-state index in [9.17, 15) is 4.79 Å². The molecule has 0 spiro atoms. The lowest BCUT2D eigenvalue weighted by atomic mass is 10.1. The quantitative estimate of drug-likeness (QED) is 0.375. The number of hydrogen-bond acceptors (Lipinski definition) is 4. The maximum absolute atomic E-state index is 12.8. The van der Waals surface area contributed by atoms with Crippen molar-refractivity contribution in [3.63, 3.8) is 0 Å². The van der Waals surface area contributed by atoms with Crippen molar-refractivity contribution in [2.45, 2.75) is 13.5 Å². The first-order chi connectivity index (χ1) is 13.5. The number of benzene rings is 2. The number of pyridine rings is 1. The Morgan fingerprint density at radius 3 is 2.21 bits per heavy atom. The van der Waals surface area contributed by atoms with Gasteiger partial charge in [-0.15, -0.1) is 0 Å². The van der Waals surface area contributed by atoms with Gasteiger partial charge in [-0.05, 0) is 23.6 Å². The summed E-state index contributed by atoms with van der Waals surface area (Å²) in [6.07, 6.45) is 0. The first kappa shape index (κ1) is 22.7. The molecule has 0 saturated carbocycles. The summed E-state index contributed by atoms with van der Waals surface area (Å²) in [7, 11) is 6.58. The van der Waals surface area contributed by atoms with E-state index in [0.717, 1.165) is 22.2 Å². The second kappa shape index (κ2) is 9.78. The number of nitrogens with one attached hydrogen (secondary N) is 1. The Balaban J connectivity index is 0.00000300. The molecule has 6 nitrogen and oxygen atoms in total. The predicted molar refractivity (Wildman–Crippen MR) is 107 cm³/mol. The highest BCUT2D eigenvalue weighted by Gasteiger charge is 2.19. The standard InChI is InChI=1S/C22H24N2O4.HI/c1-14-10-15-8-6-7-9-17(15)18(24(14)2)13-23-22(25)16-11-19(26-3)21(28-5)20(12-16)27-4;/h6-12H,13H2,1-5H3;1H. The molecule has 0 atom stereocenters. The van der Waals surface area contributed by atoms with Crippen LogP contribution in [0.5, 0.6) is 17.2 Å². The number of carbonyl (C=O) groups excluding carboxylic acids is 1. The number of ether oxygens (including phenoxy) is 3. The molecule has 0 fully saturated rings. The van der Waals surface area contributed by atoms with Crippen LogP contribution in [0.4, 0.5) is 0 Å². The molecule has 1 aromatic heterocycles. The molecule has 3 rings (SSSR count). The smallest absolute Gasteiger partial charge is 0.252 e. The molecule has 0 radical (unpaired) electrons. The zero-order valence-corrected chi connectivity index (χ0v) is 19.4. The van der Waals surface area contributed by atoms with Gasteiger partial charge in [0.15, 0.2) is 17.2 Å². The summed E-state index contributed by atoms with van der Waals surface area (Å²) in [5.41, 5.74) is 2.60. The van der Waals surface area contributed by atoms with Gasteiger partial charge in [0.2, 0.25) is 11.4 Å². The number of nitrogens with zero attached hydrogens (tertiary/aromatic N) is 1. The fraction of sp³-hybridized carbons (Fsp3) is 0.273. The van der Waals surface area contributed by atoms with Crippen molar-refractivity contribution in [2.75, 3.05) is 21.3 Å². The number of fused-ring (bicyclic) bond motifs is 1. The minimum absolute atomic E-state index is 0. The van der Waals surface area contributed by atoms with Crippen molar-refractivity contribution in [1.29, 1.82) is 0 Å².